The Morgan fingerprint density at radius 3 is 2.58 bits per heavy atom. The molecule has 1 amide bonds. The maximum absolute atomic E-state index is 13.5. The number of Topliss-reactive ketones (excluding diaryl/α,β-unsaturated/α-hetero) is 1. The van der Waals surface area contributed by atoms with E-state index in [2.05, 4.69) is 0 Å². The number of ketones is 1. The summed E-state index contributed by atoms with van der Waals surface area (Å²) in [5, 5.41) is 19.7. The third-order valence-corrected chi connectivity index (χ3v) is 6.01. The van der Waals surface area contributed by atoms with Crippen LogP contribution in [0.15, 0.2) is 24.3 Å². The molecule has 3 rings (SSSR count). The Balaban J connectivity index is 2.02. The quantitative estimate of drug-likeness (QED) is 0.787. The summed E-state index contributed by atoms with van der Waals surface area (Å²) in [7, 11) is 0. The van der Waals surface area contributed by atoms with Crippen molar-refractivity contribution < 1.29 is 29.1 Å². The van der Waals surface area contributed by atoms with Crippen molar-refractivity contribution in [1.82, 2.24) is 0 Å². The Bertz CT molecular complexity index is 731. The lowest BCUT2D eigenvalue weighted by atomic mass is 9.81. The van der Waals surface area contributed by atoms with Crippen LogP contribution in [0.2, 0.25) is 0 Å². The van der Waals surface area contributed by atoms with E-state index in [1.165, 1.54) is 0 Å². The molecule has 2 N–H and O–H groups in total. The second-order valence-electron chi connectivity index (χ2n) is 7.51. The lowest BCUT2D eigenvalue weighted by molar-refractivity contribution is -0.897. The standard InChI is InChI=1S/C20H25NO5/c1-13-7-4-5-12-21(13)18(16(22)10-6-11-17(23)24)19(25)14-8-2-3-9-15(14)20(21)26/h2-3,8-9,13,16,18,22H,4-7,10-12H2,1H3/p+1. The third-order valence-electron chi connectivity index (χ3n) is 6.01. The normalized spacial score (nSPS) is 29.5. The van der Waals surface area contributed by atoms with E-state index in [1.54, 1.807) is 24.3 Å². The zero-order chi connectivity index (χ0) is 18.9. The first-order valence-corrected chi connectivity index (χ1v) is 9.35. The molecule has 0 bridgehead atoms. The lowest BCUT2D eigenvalue weighted by Gasteiger charge is -2.51. The Morgan fingerprint density at radius 2 is 1.92 bits per heavy atom. The summed E-state index contributed by atoms with van der Waals surface area (Å²) in [6.45, 7) is 2.52. The van der Waals surface area contributed by atoms with E-state index >= 15 is 0 Å². The van der Waals surface area contributed by atoms with Crippen molar-refractivity contribution in [2.75, 3.05) is 6.54 Å². The van der Waals surface area contributed by atoms with Crippen molar-refractivity contribution in [1.29, 1.82) is 0 Å². The van der Waals surface area contributed by atoms with Gasteiger partial charge in [-0.2, -0.15) is 0 Å². The molecule has 2 aliphatic rings. The van der Waals surface area contributed by atoms with Gasteiger partial charge in [-0.1, -0.05) is 18.2 Å². The van der Waals surface area contributed by atoms with Crippen LogP contribution in [0.5, 0.6) is 0 Å². The van der Waals surface area contributed by atoms with Crippen molar-refractivity contribution >= 4 is 17.7 Å². The van der Waals surface area contributed by atoms with Crippen molar-refractivity contribution in [3.05, 3.63) is 35.4 Å². The number of carboxylic acids is 1. The number of rotatable bonds is 5. The predicted octanol–water partition coefficient (Wildman–Crippen LogP) is 2.40. The molecule has 2 heterocycles. The minimum Gasteiger partial charge on any atom is -0.481 e. The lowest BCUT2D eigenvalue weighted by Crippen LogP contribution is -2.73. The van der Waals surface area contributed by atoms with Crippen molar-refractivity contribution in [2.45, 2.75) is 63.6 Å². The van der Waals surface area contributed by atoms with Crippen molar-refractivity contribution in [3.8, 4) is 0 Å². The van der Waals surface area contributed by atoms with Gasteiger partial charge in [0.25, 0.3) is 0 Å². The number of aliphatic hydroxyl groups is 1. The van der Waals surface area contributed by atoms with Crippen LogP contribution in [0.4, 0.5) is 0 Å². The molecule has 1 aromatic carbocycles. The van der Waals surface area contributed by atoms with Gasteiger partial charge in [-0.25, -0.2) is 9.28 Å². The number of quaternary nitrogens is 1. The number of hydrogen-bond donors (Lipinski definition) is 2. The molecule has 1 spiro atoms. The highest BCUT2D eigenvalue weighted by atomic mass is 16.4. The molecular formula is C20H26NO5+. The minimum absolute atomic E-state index is 0.0237. The summed E-state index contributed by atoms with van der Waals surface area (Å²) in [5.41, 5.74) is 0.821. The number of aliphatic hydroxyl groups excluding tert-OH is 1. The number of carbonyl (C=O) groups excluding carboxylic acids is 2. The van der Waals surface area contributed by atoms with Crippen LogP contribution in [0.25, 0.3) is 0 Å². The maximum atomic E-state index is 13.5. The average Bonchev–Trinajstić information content (AvgIpc) is 2.61. The van der Waals surface area contributed by atoms with Crippen molar-refractivity contribution in [3.63, 3.8) is 0 Å². The summed E-state index contributed by atoms with van der Waals surface area (Å²) in [5.74, 6) is -1.21. The summed E-state index contributed by atoms with van der Waals surface area (Å²) in [6.07, 6.45) is 2.07. The SMILES string of the molecule is CC1CCCC[N+]12C(=O)c1ccccc1C(=O)C2C(O)CCCC(=O)O. The fraction of sp³-hybridized carbons (Fsp3) is 0.550. The molecule has 26 heavy (non-hydrogen) atoms. The minimum atomic E-state index is -1.03. The number of aliphatic carboxylic acids is 1. The number of carboxylic acid groups (broad SMARTS) is 1. The van der Waals surface area contributed by atoms with Gasteiger partial charge >= 0.3 is 11.9 Å². The van der Waals surface area contributed by atoms with Crippen LogP contribution in [-0.4, -0.2) is 57.1 Å². The smallest absolute Gasteiger partial charge is 0.347 e. The summed E-state index contributed by atoms with van der Waals surface area (Å²) in [4.78, 5) is 37.5. The number of benzene rings is 1. The highest BCUT2D eigenvalue weighted by Crippen LogP contribution is 2.39. The number of carbonyl (C=O) groups is 3. The highest BCUT2D eigenvalue weighted by molar-refractivity contribution is 6.12. The van der Waals surface area contributed by atoms with Crippen molar-refractivity contribution in [2.24, 2.45) is 0 Å². The van der Waals surface area contributed by atoms with Gasteiger partial charge in [0.05, 0.1) is 18.2 Å². The molecule has 1 saturated heterocycles. The Hall–Kier alpha value is -2.05. The first-order valence-electron chi connectivity index (χ1n) is 9.35. The second kappa shape index (κ2) is 7.29. The topological polar surface area (TPSA) is 91.7 Å². The maximum Gasteiger partial charge on any atom is 0.347 e. The number of hydrogen-bond acceptors (Lipinski definition) is 4. The zero-order valence-corrected chi connectivity index (χ0v) is 15.1. The molecule has 0 aliphatic carbocycles. The van der Waals surface area contributed by atoms with E-state index in [0.717, 1.165) is 19.3 Å². The number of piperidine rings is 1. The van der Waals surface area contributed by atoms with E-state index in [4.69, 9.17) is 5.11 Å². The van der Waals surface area contributed by atoms with Crippen LogP contribution in [-0.2, 0) is 4.79 Å². The van der Waals surface area contributed by atoms with Gasteiger partial charge in [-0.15, -0.1) is 0 Å². The van der Waals surface area contributed by atoms with Crippen LogP contribution in [0, 0.1) is 0 Å². The highest BCUT2D eigenvalue weighted by Gasteiger charge is 2.59. The molecule has 1 fully saturated rings. The largest absolute Gasteiger partial charge is 0.481 e. The van der Waals surface area contributed by atoms with Crippen LogP contribution < -0.4 is 0 Å². The van der Waals surface area contributed by atoms with E-state index in [9.17, 15) is 19.5 Å². The molecule has 140 valence electrons. The fourth-order valence-corrected chi connectivity index (χ4v) is 4.68. The molecule has 6 nitrogen and oxygen atoms in total. The average molecular weight is 360 g/mol. The van der Waals surface area contributed by atoms with Gasteiger partial charge in [0.2, 0.25) is 5.78 Å². The molecule has 1 aromatic rings. The third kappa shape index (κ3) is 2.97. The van der Waals surface area contributed by atoms with Gasteiger partial charge in [0, 0.05) is 12.0 Å². The molecule has 6 heteroatoms. The molecule has 0 aromatic heterocycles. The van der Waals surface area contributed by atoms with Gasteiger partial charge in [-0.05, 0) is 45.1 Å². The zero-order valence-electron chi connectivity index (χ0n) is 15.1. The summed E-state index contributed by atoms with van der Waals surface area (Å²) in [6, 6.07) is 5.95. The van der Waals surface area contributed by atoms with Gasteiger partial charge < -0.3 is 10.2 Å². The van der Waals surface area contributed by atoms with E-state index in [1.807, 2.05) is 6.92 Å². The molecular weight excluding hydrogens is 334 g/mol. The predicted molar refractivity (Wildman–Crippen MR) is 94.8 cm³/mol. The first kappa shape index (κ1) is 18.7. The molecule has 4 atom stereocenters. The number of amides is 1. The second-order valence-corrected chi connectivity index (χ2v) is 7.51. The van der Waals surface area contributed by atoms with E-state index < -0.39 is 18.1 Å². The Labute approximate surface area is 153 Å². The van der Waals surface area contributed by atoms with Gasteiger partial charge in [0.15, 0.2) is 6.04 Å². The molecule has 4 unspecified atom stereocenters. The molecule has 0 radical (unpaired) electrons. The summed E-state index contributed by atoms with van der Waals surface area (Å²) >= 11 is 0. The monoisotopic (exact) mass is 360 g/mol. The van der Waals surface area contributed by atoms with Crippen LogP contribution in [0.1, 0.15) is 66.2 Å². The Kier molecular flexibility index (Phi) is 5.25. The Morgan fingerprint density at radius 1 is 1.23 bits per heavy atom. The van der Waals surface area contributed by atoms with Gasteiger partial charge in [-0.3, -0.25) is 9.59 Å². The summed E-state index contributed by atoms with van der Waals surface area (Å²) < 4.78 is -0.0237. The van der Waals surface area contributed by atoms with E-state index in [-0.39, 0.29) is 41.5 Å². The van der Waals surface area contributed by atoms with E-state index in [0.29, 0.717) is 17.7 Å². The molecule has 2 aliphatic heterocycles. The molecule has 0 saturated carbocycles. The van der Waals surface area contributed by atoms with Gasteiger partial charge in [0.1, 0.15) is 6.10 Å². The number of fused-ring (bicyclic) bond motifs is 1. The van der Waals surface area contributed by atoms with Crippen LogP contribution in [0.3, 0.4) is 0 Å². The number of nitrogens with zero attached hydrogens (tertiary/aromatic N) is 1. The first-order chi connectivity index (χ1) is 12.4. The van der Waals surface area contributed by atoms with Crippen LogP contribution >= 0.6 is 0 Å². The fourth-order valence-electron chi connectivity index (χ4n) is 4.68.